The largest absolute Gasteiger partial charge is 1.00 e. The van der Waals surface area contributed by atoms with E-state index in [1.807, 2.05) is 0 Å². The molecule has 0 aliphatic heterocycles. The summed E-state index contributed by atoms with van der Waals surface area (Å²) < 4.78 is 33.9. The molecule has 0 fully saturated rings. The fourth-order valence-electron chi connectivity index (χ4n) is 2.76. The van der Waals surface area contributed by atoms with Crippen LogP contribution >= 0.6 is 0 Å². The van der Waals surface area contributed by atoms with E-state index in [2.05, 4.69) is 13.8 Å². The predicted molar refractivity (Wildman–Crippen MR) is 90.9 cm³/mol. The molecule has 0 aliphatic carbocycles. The Labute approximate surface area is 186 Å². The molecule has 0 aromatic carbocycles. The summed E-state index contributed by atoms with van der Waals surface area (Å²) in [5.74, 6) is 0. The van der Waals surface area contributed by atoms with Gasteiger partial charge in [-0.3, -0.25) is 0 Å². The van der Waals surface area contributed by atoms with Crippen molar-refractivity contribution in [1.82, 2.24) is 0 Å². The summed E-state index contributed by atoms with van der Waals surface area (Å²) in [5.41, 5.74) is 0. The van der Waals surface area contributed by atoms with Gasteiger partial charge >= 0.3 is 51.4 Å². The van der Waals surface area contributed by atoms with Crippen LogP contribution in [0.2, 0.25) is 0 Å². The molecular formula is C17H35KO4S. The molecule has 0 aliphatic rings. The molecule has 2 atom stereocenters. The minimum Gasteiger partial charge on any atom is -0.748 e. The summed E-state index contributed by atoms with van der Waals surface area (Å²) in [7, 11) is -4.18. The fraction of sp³-hybridized carbons (Fsp3) is 1.00. The molecule has 134 valence electrons. The van der Waals surface area contributed by atoms with Crippen molar-refractivity contribution >= 4 is 10.1 Å². The Hall–Kier alpha value is 1.51. The van der Waals surface area contributed by atoms with Gasteiger partial charge in [0.15, 0.2) is 0 Å². The smallest absolute Gasteiger partial charge is 0.748 e. The SMILES string of the molecule is CCCCCCC(CCCCC(O)CCCCC)S(=O)(=O)[O-].[K+]. The molecule has 0 rings (SSSR count). The number of hydrogen-bond donors (Lipinski definition) is 1. The van der Waals surface area contributed by atoms with Gasteiger partial charge in [-0.15, -0.1) is 0 Å². The molecule has 0 spiro atoms. The number of aliphatic hydroxyl groups excluding tert-OH is 1. The third kappa shape index (κ3) is 16.7. The molecule has 23 heavy (non-hydrogen) atoms. The molecule has 0 amide bonds. The van der Waals surface area contributed by atoms with Crippen LogP contribution in [0.1, 0.15) is 97.3 Å². The average molecular weight is 375 g/mol. The zero-order valence-electron chi connectivity index (χ0n) is 15.4. The van der Waals surface area contributed by atoms with Crippen LogP contribution < -0.4 is 51.4 Å². The van der Waals surface area contributed by atoms with Crippen molar-refractivity contribution in [3.8, 4) is 0 Å². The van der Waals surface area contributed by atoms with Gasteiger partial charge in [-0.05, 0) is 25.7 Å². The topological polar surface area (TPSA) is 77.4 Å². The predicted octanol–water partition coefficient (Wildman–Crippen LogP) is 1.38. The second kappa shape index (κ2) is 16.9. The monoisotopic (exact) mass is 374 g/mol. The minimum absolute atomic E-state index is 0. The van der Waals surface area contributed by atoms with Crippen molar-refractivity contribution in [2.24, 2.45) is 0 Å². The van der Waals surface area contributed by atoms with Crippen LogP contribution in [0.5, 0.6) is 0 Å². The van der Waals surface area contributed by atoms with Crippen LogP contribution in [0, 0.1) is 0 Å². The minimum atomic E-state index is -4.18. The first-order chi connectivity index (χ1) is 10.4. The van der Waals surface area contributed by atoms with Crippen LogP contribution in [0.15, 0.2) is 0 Å². The molecule has 0 bridgehead atoms. The first-order valence-electron chi connectivity index (χ1n) is 9.04. The van der Waals surface area contributed by atoms with Crippen LogP contribution in [0.4, 0.5) is 0 Å². The van der Waals surface area contributed by atoms with Gasteiger partial charge in [0.05, 0.1) is 16.2 Å². The van der Waals surface area contributed by atoms with E-state index in [0.29, 0.717) is 25.7 Å². The first kappa shape index (κ1) is 26.7. The van der Waals surface area contributed by atoms with Gasteiger partial charge in [-0.2, -0.15) is 0 Å². The molecule has 0 aromatic rings. The molecule has 2 unspecified atom stereocenters. The standard InChI is InChI=1S/C17H36O4S.K/c1-3-5-7-9-14-17(22(19,20)21)15-11-10-13-16(18)12-8-6-4-2;/h16-18H,3-15H2,1-2H3,(H,19,20,21);/q;+1/p-1. The second-order valence-corrected chi connectivity index (χ2v) is 8.05. The quantitative estimate of drug-likeness (QED) is 0.267. The van der Waals surface area contributed by atoms with Crippen molar-refractivity contribution in [3.63, 3.8) is 0 Å². The van der Waals surface area contributed by atoms with Gasteiger partial charge in [-0.1, -0.05) is 71.6 Å². The summed E-state index contributed by atoms with van der Waals surface area (Å²) in [5, 5.41) is 9.09. The fourth-order valence-corrected chi connectivity index (χ4v) is 3.67. The van der Waals surface area contributed by atoms with Crippen LogP contribution in [0.25, 0.3) is 0 Å². The summed E-state index contributed by atoms with van der Waals surface area (Å²) in [6, 6.07) is 0. The van der Waals surface area contributed by atoms with Gasteiger partial charge in [0.2, 0.25) is 0 Å². The molecule has 6 heteroatoms. The summed E-state index contributed by atoms with van der Waals surface area (Å²) in [6.45, 7) is 4.24. The summed E-state index contributed by atoms with van der Waals surface area (Å²) in [6.07, 6.45) is 11.1. The van der Waals surface area contributed by atoms with Crippen molar-refractivity contribution in [2.45, 2.75) is 109 Å². The maximum atomic E-state index is 11.3. The number of aliphatic hydroxyl groups is 1. The number of rotatable bonds is 15. The molecule has 0 radical (unpaired) electrons. The second-order valence-electron chi connectivity index (χ2n) is 6.40. The normalized spacial score (nSPS) is 14.3. The van der Waals surface area contributed by atoms with E-state index in [9.17, 15) is 18.1 Å². The van der Waals surface area contributed by atoms with Crippen molar-refractivity contribution in [3.05, 3.63) is 0 Å². The zero-order valence-corrected chi connectivity index (χ0v) is 19.4. The maximum Gasteiger partial charge on any atom is 1.00 e. The molecule has 0 saturated carbocycles. The van der Waals surface area contributed by atoms with E-state index < -0.39 is 15.4 Å². The summed E-state index contributed by atoms with van der Waals surface area (Å²) in [4.78, 5) is 0. The van der Waals surface area contributed by atoms with Crippen molar-refractivity contribution in [1.29, 1.82) is 0 Å². The summed E-state index contributed by atoms with van der Waals surface area (Å²) >= 11 is 0. The van der Waals surface area contributed by atoms with Crippen LogP contribution in [-0.2, 0) is 10.1 Å². The Morgan fingerprint density at radius 3 is 1.65 bits per heavy atom. The molecule has 0 aromatic heterocycles. The van der Waals surface area contributed by atoms with E-state index in [0.717, 1.165) is 57.8 Å². The molecular weight excluding hydrogens is 339 g/mol. The number of unbranched alkanes of at least 4 members (excludes halogenated alkanes) is 6. The van der Waals surface area contributed by atoms with Gasteiger partial charge < -0.3 is 9.66 Å². The van der Waals surface area contributed by atoms with Gasteiger partial charge in [0, 0.05) is 5.25 Å². The zero-order chi connectivity index (χ0) is 16.8. The average Bonchev–Trinajstić information content (AvgIpc) is 2.44. The van der Waals surface area contributed by atoms with Crippen molar-refractivity contribution < 1.29 is 69.5 Å². The van der Waals surface area contributed by atoms with E-state index in [-0.39, 0.29) is 57.5 Å². The van der Waals surface area contributed by atoms with Crippen LogP contribution in [-0.4, -0.2) is 29.4 Å². The van der Waals surface area contributed by atoms with Gasteiger partial charge in [0.1, 0.15) is 0 Å². The molecule has 1 N–H and O–H groups in total. The Balaban J connectivity index is 0. The van der Waals surface area contributed by atoms with Gasteiger partial charge in [0.25, 0.3) is 0 Å². The number of hydrogen-bond acceptors (Lipinski definition) is 4. The Kier molecular flexibility index (Phi) is 19.7. The third-order valence-electron chi connectivity index (χ3n) is 4.24. The molecule has 0 heterocycles. The first-order valence-corrected chi connectivity index (χ1v) is 10.5. The van der Waals surface area contributed by atoms with E-state index in [1.165, 1.54) is 0 Å². The Morgan fingerprint density at radius 2 is 1.17 bits per heavy atom. The molecule has 0 saturated heterocycles. The molecule has 4 nitrogen and oxygen atoms in total. The Morgan fingerprint density at radius 1 is 0.783 bits per heavy atom. The van der Waals surface area contributed by atoms with E-state index in [1.54, 1.807) is 0 Å². The van der Waals surface area contributed by atoms with E-state index in [4.69, 9.17) is 0 Å². The van der Waals surface area contributed by atoms with Crippen LogP contribution in [0.3, 0.4) is 0 Å². The third-order valence-corrected chi connectivity index (χ3v) is 5.53. The maximum absolute atomic E-state index is 11.3. The van der Waals surface area contributed by atoms with E-state index >= 15 is 0 Å². The van der Waals surface area contributed by atoms with Crippen molar-refractivity contribution in [2.75, 3.05) is 0 Å². The van der Waals surface area contributed by atoms with Gasteiger partial charge in [-0.25, -0.2) is 8.42 Å². The Bertz CT molecular complexity index is 347.